The molecule has 19 heavy (non-hydrogen) atoms. The summed E-state index contributed by atoms with van der Waals surface area (Å²) < 4.78 is 36.4. The summed E-state index contributed by atoms with van der Waals surface area (Å²) in [5.74, 6) is -0.681. The number of Topliss-reactive ketones (excluding diaryl/α,β-unsaturated/α-hetero) is 1. The second-order valence-electron chi connectivity index (χ2n) is 3.85. The Kier molecular flexibility index (Phi) is 4.46. The number of hydrogen-bond acceptors (Lipinski definition) is 2. The van der Waals surface area contributed by atoms with Crippen LogP contribution in [0.1, 0.15) is 16.8 Å². The number of rotatable bonds is 4. The highest BCUT2D eigenvalue weighted by Gasteiger charge is 2.38. The Bertz CT molecular complexity index is 526. The van der Waals surface area contributed by atoms with Crippen molar-refractivity contribution in [1.82, 2.24) is 0 Å². The molecule has 1 aromatic carbocycles. The molecule has 1 unspecified atom stereocenters. The van der Waals surface area contributed by atoms with Crippen molar-refractivity contribution in [2.45, 2.75) is 18.7 Å². The first-order valence-electron chi connectivity index (χ1n) is 5.20. The van der Waals surface area contributed by atoms with E-state index in [1.54, 1.807) is 0 Å². The molecule has 0 aromatic heterocycles. The molecule has 0 aliphatic carbocycles. The molecule has 1 atom stereocenters. The first-order chi connectivity index (χ1) is 8.75. The molecule has 6 heteroatoms. The van der Waals surface area contributed by atoms with Crippen LogP contribution in [0.25, 0.3) is 4.85 Å². The van der Waals surface area contributed by atoms with E-state index in [1.165, 1.54) is 24.3 Å². The maximum Gasteiger partial charge on any atom is 0.414 e. The Morgan fingerprint density at radius 2 is 1.89 bits per heavy atom. The molecule has 1 aromatic rings. The fraction of sp³-hybridized carbons (Fsp3) is 0.231. The summed E-state index contributed by atoms with van der Waals surface area (Å²) in [7, 11) is 0. The highest BCUT2D eigenvalue weighted by molar-refractivity contribution is 6.08. The third-order valence-electron chi connectivity index (χ3n) is 2.40. The maximum atomic E-state index is 12.1. The van der Waals surface area contributed by atoms with E-state index >= 15 is 0 Å². The summed E-state index contributed by atoms with van der Waals surface area (Å²) in [6.07, 6.45) is -8.25. The SMILES string of the molecule is [C-]#[N+]c1ccc(C(=O)C(=C)CC(O)C(F)(F)F)cc1. The van der Waals surface area contributed by atoms with Gasteiger partial charge in [-0.2, -0.15) is 13.2 Å². The van der Waals surface area contributed by atoms with Crippen LogP contribution >= 0.6 is 0 Å². The van der Waals surface area contributed by atoms with Gasteiger partial charge in [0.1, 0.15) is 0 Å². The van der Waals surface area contributed by atoms with Gasteiger partial charge in [-0.3, -0.25) is 4.79 Å². The van der Waals surface area contributed by atoms with Crippen LogP contribution in [0.3, 0.4) is 0 Å². The van der Waals surface area contributed by atoms with Crippen molar-refractivity contribution in [2.24, 2.45) is 0 Å². The highest BCUT2D eigenvalue weighted by Crippen LogP contribution is 2.25. The molecule has 1 rings (SSSR count). The van der Waals surface area contributed by atoms with E-state index in [1.807, 2.05) is 0 Å². The Morgan fingerprint density at radius 3 is 2.32 bits per heavy atom. The monoisotopic (exact) mass is 269 g/mol. The molecular formula is C13H10F3NO2. The van der Waals surface area contributed by atoms with Crippen LogP contribution in [0.5, 0.6) is 0 Å². The van der Waals surface area contributed by atoms with Crippen LogP contribution in [0, 0.1) is 6.57 Å². The number of ketones is 1. The van der Waals surface area contributed by atoms with Crippen molar-refractivity contribution in [3.8, 4) is 0 Å². The molecule has 0 bridgehead atoms. The molecule has 100 valence electrons. The van der Waals surface area contributed by atoms with Gasteiger partial charge in [0.05, 0.1) is 6.57 Å². The Balaban J connectivity index is 2.77. The van der Waals surface area contributed by atoms with E-state index in [2.05, 4.69) is 11.4 Å². The lowest BCUT2D eigenvalue weighted by atomic mass is 9.99. The Labute approximate surface area is 107 Å². The van der Waals surface area contributed by atoms with Crippen LogP contribution in [-0.2, 0) is 0 Å². The van der Waals surface area contributed by atoms with Gasteiger partial charge in [-0.05, 0) is 5.57 Å². The number of aliphatic hydroxyl groups excluding tert-OH is 1. The minimum atomic E-state index is -4.78. The molecule has 0 saturated heterocycles. The van der Waals surface area contributed by atoms with Gasteiger partial charge >= 0.3 is 6.18 Å². The van der Waals surface area contributed by atoms with E-state index < -0.39 is 24.5 Å². The summed E-state index contributed by atoms with van der Waals surface area (Å²) in [5, 5.41) is 8.86. The van der Waals surface area contributed by atoms with Crippen LogP contribution in [0.4, 0.5) is 18.9 Å². The van der Waals surface area contributed by atoms with E-state index in [0.29, 0.717) is 5.69 Å². The van der Waals surface area contributed by atoms with Gasteiger partial charge in [0.2, 0.25) is 0 Å². The summed E-state index contributed by atoms with van der Waals surface area (Å²) in [6, 6.07) is 5.43. The number of aliphatic hydroxyl groups is 1. The van der Waals surface area contributed by atoms with Crippen molar-refractivity contribution < 1.29 is 23.1 Å². The third-order valence-corrected chi connectivity index (χ3v) is 2.40. The standard InChI is InChI=1S/C13H10F3NO2/c1-8(7-11(18)13(14,15)16)12(19)9-3-5-10(17-2)6-4-9/h3-6,11,18H,1,7H2. The maximum absolute atomic E-state index is 12.1. The fourth-order valence-corrected chi connectivity index (χ4v) is 1.33. The fourth-order valence-electron chi connectivity index (χ4n) is 1.33. The molecule has 0 amide bonds. The predicted molar refractivity (Wildman–Crippen MR) is 62.9 cm³/mol. The van der Waals surface area contributed by atoms with Crippen molar-refractivity contribution in [3.63, 3.8) is 0 Å². The number of nitrogens with zero attached hydrogens (tertiary/aromatic N) is 1. The van der Waals surface area contributed by atoms with E-state index in [0.717, 1.165) is 0 Å². The first kappa shape index (κ1) is 14.9. The molecule has 0 fully saturated rings. The van der Waals surface area contributed by atoms with Crippen LogP contribution in [0.2, 0.25) is 0 Å². The summed E-state index contributed by atoms with van der Waals surface area (Å²) in [4.78, 5) is 14.9. The summed E-state index contributed by atoms with van der Waals surface area (Å²) in [6.45, 7) is 9.99. The van der Waals surface area contributed by atoms with Gasteiger partial charge in [0.25, 0.3) is 0 Å². The molecular weight excluding hydrogens is 259 g/mol. The van der Waals surface area contributed by atoms with E-state index in [-0.39, 0.29) is 11.1 Å². The normalized spacial score (nSPS) is 12.6. The molecule has 0 aliphatic heterocycles. The lowest BCUT2D eigenvalue weighted by molar-refractivity contribution is -0.202. The number of carbonyl (C=O) groups is 1. The molecule has 1 N–H and O–H groups in total. The zero-order chi connectivity index (χ0) is 14.6. The largest absolute Gasteiger partial charge is 0.414 e. The Morgan fingerprint density at radius 1 is 1.37 bits per heavy atom. The Hall–Kier alpha value is -2.13. The van der Waals surface area contributed by atoms with Crippen LogP contribution in [-0.4, -0.2) is 23.2 Å². The smallest absolute Gasteiger partial charge is 0.383 e. The minimum Gasteiger partial charge on any atom is -0.383 e. The van der Waals surface area contributed by atoms with E-state index in [9.17, 15) is 18.0 Å². The van der Waals surface area contributed by atoms with Gasteiger partial charge in [-0.25, -0.2) is 4.85 Å². The molecule has 3 nitrogen and oxygen atoms in total. The van der Waals surface area contributed by atoms with Crippen LogP contribution in [0.15, 0.2) is 36.4 Å². The average molecular weight is 269 g/mol. The van der Waals surface area contributed by atoms with Crippen molar-refractivity contribution >= 4 is 11.5 Å². The van der Waals surface area contributed by atoms with Gasteiger partial charge in [0.15, 0.2) is 17.6 Å². The summed E-state index contributed by atoms with van der Waals surface area (Å²) in [5.41, 5.74) is 0.115. The van der Waals surface area contributed by atoms with Crippen LogP contribution < -0.4 is 0 Å². The second-order valence-corrected chi connectivity index (χ2v) is 3.85. The molecule has 0 saturated carbocycles. The van der Waals surface area contributed by atoms with Crippen molar-refractivity contribution in [2.75, 3.05) is 0 Å². The quantitative estimate of drug-likeness (QED) is 0.517. The first-order valence-corrected chi connectivity index (χ1v) is 5.20. The van der Waals surface area contributed by atoms with Crippen molar-refractivity contribution in [3.05, 3.63) is 53.4 Å². The lowest BCUT2D eigenvalue weighted by Gasteiger charge is -2.15. The second kappa shape index (κ2) is 5.67. The minimum absolute atomic E-state index is 0.131. The third kappa shape index (κ3) is 3.93. The number of carbonyl (C=O) groups excluding carboxylic acids is 1. The predicted octanol–water partition coefficient (Wildman–Crippen LogP) is 3.29. The van der Waals surface area contributed by atoms with E-state index in [4.69, 9.17) is 11.7 Å². The topological polar surface area (TPSA) is 41.7 Å². The average Bonchev–Trinajstić information content (AvgIpc) is 2.36. The van der Waals surface area contributed by atoms with Crippen molar-refractivity contribution in [1.29, 1.82) is 0 Å². The van der Waals surface area contributed by atoms with Gasteiger partial charge < -0.3 is 5.11 Å². The molecule has 0 heterocycles. The van der Waals surface area contributed by atoms with Gasteiger partial charge in [-0.1, -0.05) is 30.8 Å². The zero-order valence-electron chi connectivity index (χ0n) is 9.74. The lowest BCUT2D eigenvalue weighted by Crippen LogP contribution is -2.29. The molecule has 0 aliphatic rings. The number of benzene rings is 1. The van der Waals surface area contributed by atoms with Gasteiger partial charge in [-0.15, -0.1) is 0 Å². The number of hydrogen-bond donors (Lipinski definition) is 1. The molecule has 0 radical (unpaired) electrons. The summed E-state index contributed by atoms with van der Waals surface area (Å²) >= 11 is 0. The molecule has 0 spiro atoms. The highest BCUT2D eigenvalue weighted by atomic mass is 19.4. The number of halogens is 3. The zero-order valence-corrected chi connectivity index (χ0v) is 9.74. The number of alkyl halides is 3. The van der Waals surface area contributed by atoms with Gasteiger partial charge in [0, 0.05) is 12.0 Å².